The quantitative estimate of drug-likeness (QED) is 0.112. The van der Waals surface area contributed by atoms with Gasteiger partial charge in [-0.2, -0.15) is 0 Å². The van der Waals surface area contributed by atoms with Crippen molar-refractivity contribution in [1.82, 2.24) is 14.8 Å². The molecule has 7 rings (SSSR count). The minimum absolute atomic E-state index is 0.0584. The molecule has 6 aromatic rings. The number of nitrogens with one attached hydrogen (secondary N) is 1. The maximum absolute atomic E-state index is 15.2. The Morgan fingerprint density at radius 1 is 0.877 bits per heavy atom. The zero-order valence-corrected chi connectivity index (χ0v) is 32.2. The number of fused-ring (bicyclic) bond motifs is 1. The molecule has 4 N–H and O–H groups in total. The molecule has 1 aliphatic heterocycles. The summed E-state index contributed by atoms with van der Waals surface area (Å²) in [5.74, 6) is -1.31. The van der Waals surface area contributed by atoms with Crippen molar-refractivity contribution in [2.24, 2.45) is 5.73 Å². The molecular weight excluding hydrogens is 720 g/mol. The number of carbonyl (C=O) groups excluding carboxylic acids is 2. The van der Waals surface area contributed by atoms with Crippen LogP contribution in [0.5, 0.6) is 5.75 Å². The number of halogens is 1. The molecule has 5 aromatic carbocycles. The number of hydrogen-bond acceptors (Lipinski definition) is 6. The molecule has 0 unspecified atom stereocenters. The maximum Gasteiger partial charge on any atom is 0.263 e. The van der Waals surface area contributed by atoms with Crippen LogP contribution < -0.4 is 21.3 Å². The van der Waals surface area contributed by atoms with E-state index in [2.05, 4.69) is 10.2 Å². The number of amides is 2. The Labute approximate surface area is 331 Å². The molecule has 0 radical (unpaired) electrons. The van der Waals surface area contributed by atoms with Gasteiger partial charge >= 0.3 is 0 Å². The summed E-state index contributed by atoms with van der Waals surface area (Å²) in [7, 11) is 1.59. The Morgan fingerprint density at radius 3 is 2.16 bits per heavy atom. The summed E-state index contributed by atoms with van der Waals surface area (Å²) < 4.78 is 21.4. The van der Waals surface area contributed by atoms with E-state index in [4.69, 9.17) is 10.5 Å². The molecule has 9 nitrogen and oxygen atoms in total. The molecule has 1 fully saturated rings. The second-order valence-corrected chi connectivity index (χ2v) is 14.7. The van der Waals surface area contributed by atoms with Crippen LogP contribution in [0.25, 0.3) is 16.5 Å². The van der Waals surface area contributed by atoms with Crippen molar-refractivity contribution in [3.63, 3.8) is 0 Å². The number of aliphatic hydroxyl groups is 1. The molecule has 0 saturated carbocycles. The number of primary amides is 1. The fourth-order valence-corrected chi connectivity index (χ4v) is 8.20. The van der Waals surface area contributed by atoms with Gasteiger partial charge in [-0.25, -0.2) is 4.39 Å². The zero-order chi connectivity index (χ0) is 40.1. The number of likely N-dealkylation sites (tertiary alicyclic amines) is 1. The first-order chi connectivity index (χ1) is 27.6. The number of benzene rings is 5. The van der Waals surface area contributed by atoms with Gasteiger partial charge in [-0.05, 0) is 84.0 Å². The van der Waals surface area contributed by atoms with Crippen LogP contribution in [0.3, 0.4) is 0 Å². The van der Waals surface area contributed by atoms with E-state index in [0.717, 1.165) is 16.7 Å². The number of hydrogen-bond donors (Lipinski definition) is 3. The summed E-state index contributed by atoms with van der Waals surface area (Å²) in [4.78, 5) is 45.1. The highest BCUT2D eigenvalue weighted by Crippen LogP contribution is 2.38. The normalized spacial score (nSPS) is 15.2. The Balaban J connectivity index is 1.45. The fraction of sp³-hybridized carbons (Fsp3) is 0.255. The van der Waals surface area contributed by atoms with Crippen LogP contribution >= 0.6 is 0 Å². The van der Waals surface area contributed by atoms with Crippen LogP contribution in [0.2, 0.25) is 0 Å². The highest BCUT2D eigenvalue weighted by molar-refractivity contribution is 6.09. The van der Waals surface area contributed by atoms with Crippen LogP contribution in [0, 0.1) is 5.82 Å². The number of pyridine rings is 1. The van der Waals surface area contributed by atoms with Crippen molar-refractivity contribution in [1.29, 1.82) is 0 Å². The van der Waals surface area contributed by atoms with E-state index in [1.54, 1.807) is 19.2 Å². The Hall–Kier alpha value is -6.10. The molecule has 2 atom stereocenters. The Kier molecular flexibility index (Phi) is 11.6. The summed E-state index contributed by atoms with van der Waals surface area (Å²) >= 11 is 0. The molecule has 0 bridgehead atoms. The van der Waals surface area contributed by atoms with E-state index < -0.39 is 34.7 Å². The lowest BCUT2D eigenvalue weighted by atomic mass is 9.83. The van der Waals surface area contributed by atoms with Crippen molar-refractivity contribution in [2.45, 2.75) is 56.7 Å². The van der Waals surface area contributed by atoms with Gasteiger partial charge < -0.3 is 20.9 Å². The molecule has 1 saturated heterocycles. The van der Waals surface area contributed by atoms with Crippen LogP contribution in [0.4, 0.5) is 4.39 Å². The monoisotopic (exact) mass is 766 g/mol. The van der Waals surface area contributed by atoms with Gasteiger partial charge in [-0.1, -0.05) is 91.9 Å². The third-order valence-corrected chi connectivity index (χ3v) is 11.2. The predicted molar refractivity (Wildman–Crippen MR) is 220 cm³/mol. The average molecular weight is 767 g/mol. The van der Waals surface area contributed by atoms with Crippen molar-refractivity contribution in [3.05, 3.63) is 177 Å². The van der Waals surface area contributed by atoms with Crippen molar-refractivity contribution in [2.75, 3.05) is 20.2 Å². The third kappa shape index (κ3) is 8.24. The Morgan fingerprint density at radius 2 is 1.53 bits per heavy atom. The van der Waals surface area contributed by atoms with Crippen molar-refractivity contribution >= 4 is 22.6 Å². The van der Waals surface area contributed by atoms with Crippen LogP contribution in [-0.4, -0.2) is 46.6 Å². The average Bonchev–Trinajstić information content (AvgIpc) is 3.24. The maximum atomic E-state index is 15.2. The van der Waals surface area contributed by atoms with E-state index in [9.17, 15) is 14.3 Å². The summed E-state index contributed by atoms with van der Waals surface area (Å²) in [5, 5.41) is 15.9. The summed E-state index contributed by atoms with van der Waals surface area (Å²) in [6, 6.07) is 37.2. The topological polar surface area (TPSA) is 127 Å². The Bertz CT molecular complexity index is 2430. The van der Waals surface area contributed by atoms with Gasteiger partial charge in [0.15, 0.2) is 0 Å². The number of nitrogens with zero attached hydrogens (tertiary/aromatic N) is 2. The fourth-order valence-electron chi connectivity index (χ4n) is 8.20. The molecule has 0 spiro atoms. The van der Waals surface area contributed by atoms with Crippen molar-refractivity contribution < 1.29 is 23.8 Å². The second kappa shape index (κ2) is 17.0. The lowest BCUT2D eigenvalue weighted by Crippen LogP contribution is -2.43. The van der Waals surface area contributed by atoms with Crippen LogP contribution in [0.15, 0.2) is 132 Å². The SMILES string of the molecule is CC[C@H](NC(=O)c1c(CN2CCC(O)(c3cccc(OC)c3)CC2)n(-c2ccc(F)cc2)c(=O)c2cccc([C@@H](CC(N)=O)c3ccccc3)c12)c1ccccc1. The van der Waals surface area contributed by atoms with E-state index in [1.165, 1.54) is 28.8 Å². The number of nitrogens with two attached hydrogens (primary N) is 1. The van der Waals surface area contributed by atoms with Gasteiger partial charge in [0.05, 0.1) is 30.0 Å². The van der Waals surface area contributed by atoms with Gasteiger partial charge in [0, 0.05) is 48.4 Å². The number of methoxy groups -OCH3 is 1. The first-order valence-corrected chi connectivity index (χ1v) is 19.3. The summed E-state index contributed by atoms with van der Waals surface area (Å²) in [6.45, 7) is 3.04. The molecule has 2 heterocycles. The first-order valence-electron chi connectivity index (χ1n) is 19.3. The minimum atomic E-state index is -1.11. The van der Waals surface area contributed by atoms with Crippen LogP contribution in [0.1, 0.15) is 82.9 Å². The second-order valence-electron chi connectivity index (χ2n) is 14.7. The highest BCUT2D eigenvalue weighted by Gasteiger charge is 2.36. The lowest BCUT2D eigenvalue weighted by Gasteiger charge is -2.39. The molecule has 57 heavy (non-hydrogen) atoms. The number of piperidine rings is 1. The summed E-state index contributed by atoms with van der Waals surface area (Å²) in [6.07, 6.45) is 1.32. The van der Waals surface area contributed by atoms with Crippen molar-refractivity contribution in [3.8, 4) is 11.4 Å². The standard InChI is InChI=1S/C47H47FN4O5/c1-3-40(32-14-8-5-9-15-32)50-45(54)44-41(30-51-26-24-47(56,25-27-51)33-16-10-17-36(28-33)57-2)52(35-22-20-34(48)21-23-35)46(55)38-19-11-18-37(43(38)44)39(29-42(49)53)31-12-6-4-7-13-31/h4-23,28,39-40,56H,3,24-27,29-30H2,1-2H3,(H2,49,53)(H,50,54)/t39-,40-/m0/s1. The molecule has 292 valence electrons. The minimum Gasteiger partial charge on any atom is -0.497 e. The van der Waals surface area contributed by atoms with E-state index >= 15 is 9.59 Å². The largest absolute Gasteiger partial charge is 0.497 e. The van der Waals surface area contributed by atoms with Gasteiger partial charge in [0.2, 0.25) is 5.91 Å². The van der Waals surface area contributed by atoms with E-state index in [0.29, 0.717) is 60.4 Å². The highest BCUT2D eigenvalue weighted by atomic mass is 19.1. The molecular formula is C47H47FN4O5. The molecule has 1 aromatic heterocycles. The third-order valence-electron chi connectivity index (χ3n) is 11.2. The number of rotatable bonds is 13. The molecule has 1 aliphatic rings. The van der Waals surface area contributed by atoms with E-state index in [-0.39, 0.29) is 30.0 Å². The van der Waals surface area contributed by atoms with Gasteiger partial charge in [-0.3, -0.25) is 23.9 Å². The molecule has 2 amide bonds. The summed E-state index contributed by atoms with van der Waals surface area (Å²) in [5.41, 5.74) is 8.57. The zero-order valence-electron chi connectivity index (χ0n) is 32.2. The van der Waals surface area contributed by atoms with Gasteiger partial charge in [-0.15, -0.1) is 0 Å². The lowest BCUT2D eigenvalue weighted by molar-refractivity contribution is -0.118. The first kappa shape index (κ1) is 39.1. The number of carbonyl (C=O) groups is 2. The van der Waals surface area contributed by atoms with Crippen LogP contribution in [-0.2, 0) is 16.9 Å². The molecule has 0 aliphatic carbocycles. The van der Waals surface area contributed by atoms with Gasteiger partial charge in [0.1, 0.15) is 11.6 Å². The van der Waals surface area contributed by atoms with E-state index in [1.807, 2.05) is 97.9 Å². The number of aromatic nitrogens is 1. The smallest absolute Gasteiger partial charge is 0.263 e. The van der Waals surface area contributed by atoms with Gasteiger partial charge in [0.25, 0.3) is 11.5 Å². The number of ether oxygens (including phenoxy) is 1. The predicted octanol–water partition coefficient (Wildman–Crippen LogP) is 7.51. The molecule has 10 heteroatoms.